The van der Waals surface area contributed by atoms with Crippen LogP contribution >= 0.6 is 0 Å². The minimum absolute atomic E-state index is 0.155. The summed E-state index contributed by atoms with van der Waals surface area (Å²) in [6.45, 7) is 3.41. The van der Waals surface area contributed by atoms with Crippen LogP contribution in [0, 0.1) is 0 Å². The van der Waals surface area contributed by atoms with Crippen molar-refractivity contribution >= 4 is 0 Å². The van der Waals surface area contributed by atoms with Gasteiger partial charge in [0.05, 0.1) is 13.2 Å². The Bertz CT molecular complexity index is 168. The van der Waals surface area contributed by atoms with Gasteiger partial charge in [-0.25, -0.2) is 0 Å². The number of hydrogen-bond donors (Lipinski definition) is 3. The third-order valence-electron chi connectivity index (χ3n) is 2.42. The first-order valence-corrected chi connectivity index (χ1v) is 5.19. The molecule has 0 bridgehead atoms. The summed E-state index contributed by atoms with van der Waals surface area (Å²) in [4.78, 5) is 2.08. The molecular weight excluding hydrogens is 180 g/mol. The molecule has 14 heavy (non-hydrogen) atoms. The maximum absolute atomic E-state index is 8.84. The van der Waals surface area contributed by atoms with Gasteiger partial charge in [-0.1, -0.05) is 12.2 Å². The van der Waals surface area contributed by atoms with Gasteiger partial charge in [0.25, 0.3) is 0 Å². The van der Waals surface area contributed by atoms with Crippen LogP contribution < -0.4 is 5.32 Å². The summed E-state index contributed by atoms with van der Waals surface area (Å²) < 4.78 is 0. The Morgan fingerprint density at radius 2 is 1.93 bits per heavy atom. The van der Waals surface area contributed by atoms with Crippen LogP contribution in [0.5, 0.6) is 0 Å². The number of nitrogens with one attached hydrogen (secondary N) is 1. The molecule has 82 valence electrons. The van der Waals surface area contributed by atoms with Crippen molar-refractivity contribution < 1.29 is 10.2 Å². The summed E-state index contributed by atoms with van der Waals surface area (Å²) in [5, 5.41) is 21.0. The maximum atomic E-state index is 8.84. The highest BCUT2D eigenvalue weighted by atomic mass is 16.3. The molecule has 4 heteroatoms. The van der Waals surface area contributed by atoms with Crippen molar-refractivity contribution in [1.29, 1.82) is 0 Å². The lowest BCUT2D eigenvalue weighted by Gasteiger charge is -2.27. The molecule has 0 aliphatic carbocycles. The molecule has 3 N–H and O–H groups in total. The van der Waals surface area contributed by atoms with E-state index in [4.69, 9.17) is 10.2 Å². The Hall–Kier alpha value is -0.420. The van der Waals surface area contributed by atoms with Crippen molar-refractivity contribution in [3.05, 3.63) is 12.2 Å². The maximum Gasteiger partial charge on any atom is 0.0558 e. The lowest BCUT2D eigenvalue weighted by Crippen LogP contribution is -2.44. The van der Waals surface area contributed by atoms with Crippen LogP contribution in [-0.4, -0.2) is 60.5 Å². The number of hydrogen-bond acceptors (Lipinski definition) is 4. The van der Waals surface area contributed by atoms with E-state index < -0.39 is 0 Å². The van der Waals surface area contributed by atoms with Crippen LogP contribution in [0.2, 0.25) is 0 Å². The normalized spacial score (nSPS) is 21.8. The topological polar surface area (TPSA) is 55.7 Å². The van der Waals surface area contributed by atoms with Crippen molar-refractivity contribution in [2.24, 2.45) is 0 Å². The lowest BCUT2D eigenvalue weighted by atomic mass is 10.1. The van der Waals surface area contributed by atoms with E-state index in [2.05, 4.69) is 22.4 Å². The predicted octanol–water partition coefficient (Wildman–Crippen LogP) is -0.809. The molecule has 0 saturated carbocycles. The Balaban J connectivity index is 2.26. The highest BCUT2D eigenvalue weighted by molar-refractivity contribution is 4.95. The standard InChI is InChI=1S/C10H20N2O2/c13-7-5-12(6-8-14)9-10-3-1-2-4-11-10/h1-2,10-11,13-14H,3-9H2. The van der Waals surface area contributed by atoms with E-state index in [1.807, 2.05) is 0 Å². The molecule has 0 radical (unpaired) electrons. The Labute approximate surface area is 85.2 Å². The first kappa shape index (κ1) is 11.7. The molecule has 0 saturated heterocycles. The summed E-state index contributed by atoms with van der Waals surface area (Å²) in [6.07, 6.45) is 5.34. The number of nitrogens with zero attached hydrogens (tertiary/aromatic N) is 1. The molecule has 1 aliphatic rings. The van der Waals surface area contributed by atoms with Gasteiger partial charge in [-0.2, -0.15) is 0 Å². The summed E-state index contributed by atoms with van der Waals surface area (Å²) in [5.74, 6) is 0. The molecule has 1 atom stereocenters. The lowest BCUT2D eigenvalue weighted by molar-refractivity contribution is 0.150. The van der Waals surface area contributed by atoms with Crippen molar-refractivity contribution in [2.75, 3.05) is 39.4 Å². The zero-order valence-electron chi connectivity index (χ0n) is 8.52. The molecule has 1 heterocycles. The highest BCUT2D eigenvalue weighted by Gasteiger charge is 2.13. The van der Waals surface area contributed by atoms with E-state index in [0.29, 0.717) is 19.1 Å². The fraction of sp³-hybridized carbons (Fsp3) is 0.800. The molecule has 1 aliphatic heterocycles. The predicted molar refractivity (Wildman–Crippen MR) is 56.2 cm³/mol. The minimum Gasteiger partial charge on any atom is -0.395 e. The van der Waals surface area contributed by atoms with Gasteiger partial charge in [0.15, 0.2) is 0 Å². The van der Waals surface area contributed by atoms with Crippen LogP contribution in [-0.2, 0) is 0 Å². The number of aliphatic hydroxyl groups excluding tert-OH is 2. The number of aliphatic hydroxyl groups is 2. The molecule has 0 aromatic heterocycles. The summed E-state index contributed by atoms with van der Waals surface area (Å²) in [7, 11) is 0. The van der Waals surface area contributed by atoms with E-state index in [-0.39, 0.29) is 13.2 Å². The van der Waals surface area contributed by atoms with Gasteiger partial charge in [0.2, 0.25) is 0 Å². The summed E-state index contributed by atoms with van der Waals surface area (Å²) in [6, 6.07) is 0.457. The third kappa shape index (κ3) is 4.19. The smallest absolute Gasteiger partial charge is 0.0558 e. The van der Waals surface area contributed by atoms with Crippen molar-refractivity contribution in [2.45, 2.75) is 12.5 Å². The molecule has 1 rings (SSSR count). The second-order valence-corrected chi connectivity index (χ2v) is 3.56. The van der Waals surface area contributed by atoms with Gasteiger partial charge >= 0.3 is 0 Å². The van der Waals surface area contributed by atoms with Crippen LogP contribution in [0.25, 0.3) is 0 Å². The van der Waals surface area contributed by atoms with Gasteiger partial charge in [0.1, 0.15) is 0 Å². The van der Waals surface area contributed by atoms with Gasteiger partial charge in [-0.15, -0.1) is 0 Å². The van der Waals surface area contributed by atoms with Crippen molar-refractivity contribution in [1.82, 2.24) is 10.2 Å². The molecule has 0 aromatic carbocycles. The summed E-state index contributed by atoms with van der Waals surface area (Å²) in [5.41, 5.74) is 0. The monoisotopic (exact) mass is 200 g/mol. The zero-order chi connectivity index (χ0) is 10.2. The Kier molecular flexibility index (Phi) is 5.78. The molecule has 0 spiro atoms. The van der Waals surface area contributed by atoms with E-state index >= 15 is 0 Å². The van der Waals surface area contributed by atoms with E-state index in [1.165, 1.54) is 0 Å². The van der Waals surface area contributed by atoms with Crippen molar-refractivity contribution in [3.63, 3.8) is 0 Å². The Morgan fingerprint density at radius 3 is 2.43 bits per heavy atom. The fourth-order valence-corrected chi connectivity index (χ4v) is 1.69. The van der Waals surface area contributed by atoms with Crippen LogP contribution in [0.1, 0.15) is 6.42 Å². The largest absolute Gasteiger partial charge is 0.395 e. The van der Waals surface area contributed by atoms with Gasteiger partial charge < -0.3 is 15.5 Å². The van der Waals surface area contributed by atoms with Gasteiger partial charge in [-0.3, -0.25) is 4.90 Å². The summed E-state index contributed by atoms with van der Waals surface area (Å²) >= 11 is 0. The van der Waals surface area contributed by atoms with Crippen LogP contribution in [0.3, 0.4) is 0 Å². The second kappa shape index (κ2) is 6.95. The molecular formula is C10H20N2O2. The zero-order valence-corrected chi connectivity index (χ0v) is 8.52. The molecule has 1 unspecified atom stereocenters. The quantitative estimate of drug-likeness (QED) is 0.491. The van der Waals surface area contributed by atoms with Crippen LogP contribution in [0.4, 0.5) is 0 Å². The number of rotatable bonds is 6. The Morgan fingerprint density at radius 1 is 1.21 bits per heavy atom. The molecule has 0 amide bonds. The van der Waals surface area contributed by atoms with Gasteiger partial charge in [0, 0.05) is 32.2 Å². The van der Waals surface area contributed by atoms with Gasteiger partial charge in [-0.05, 0) is 6.42 Å². The average molecular weight is 200 g/mol. The molecule has 0 aromatic rings. The third-order valence-corrected chi connectivity index (χ3v) is 2.42. The second-order valence-electron chi connectivity index (χ2n) is 3.56. The first-order valence-electron chi connectivity index (χ1n) is 5.19. The first-order chi connectivity index (χ1) is 6.86. The van der Waals surface area contributed by atoms with Crippen molar-refractivity contribution in [3.8, 4) is 0 Å². The van der Waals surface area contributed by atoms with E-state index in [0.717, 1.165) is 19.5 Å². The SMILES string of the molecule is OCCN(CCO)CC1CC=CCN1. The average Bonchev–Trinajstić information content (AvgIpc) is 2.20. The van der Waals surface area contributed by atoms with E-state index in [9.17, 15) is 0 Å². The minimum atomic E-state index is 0.155. The fourth-order valence-electron chi connectivity index (χ4n) is 1.69. The highest BCUT2D eigenvalue weighted by Crippen LogP contribution is 2.02. The van der Waals surface area contributed by atoms with Crippen LogP contribution in [0.15, 0.2) is 12.2 Å². The molecule has 4 nitrogen and oxygen atoms in total. The molecule has 0 fully saturated rings. The van der Waals surface area contributed by atoms with E-state index in [1.54, 1.807) is 0 Å².